The molecule has 1 aromatic heterocycles. The number of hydrogen-bond acceptors (Lipinski definition) is 2. The summed E-state index contributed by atoms with van der Waals surface area (Å²) >= 11 is 5.36. The van der Waals surface area contributed by atoms with E-state index in [1.54, 1.807) is 0 Å². The first-order valence-corrected chi connectivity index (χ1v) is 7.95. The fourth-order valence-corrected chi connectivity index (χ4v) is 3.32. The average molecular weight is 304 g/mol. The molecule has 0 amide bonds. The molecule has 0 aliphatic rings. The van der Waals surface area contributed by atoms with E-state index < -0.39 is 0 Å². The maximum absolute atomic E-state index is 3.51. The summed E-state index contributed by atoms with van der Waals surface area (Å²) in [6.45, 7) is 5.82. The number of hydrogen-bond donors (Lipinski definition) is 0. The Bertz CT molecular complexity index is 273. The molecule has 92 valence electrons. The van der Waals surface area contributed by atoms with Gasteiger partial charge in [0.25, 0.3) is 0 Å². The maximum atomic E-state index is 3.51. The smallest absolute Gasteiger partial charge is 0.0410 e. The Morgan fingerprint density at radius 2 is 2.12 bits per heavy atom. The molecule has 0 saturated carbocycles. The second-order valence-corrected chi connectivity index (χ2v) is 6.32. The molecule has 1 rings (SSSR count). The fourth-order valence-electron chi connectivity index (χ4n) is 1.69. The monoisotopic (exact) mass is 303 g/mol. The van der Waals surface area contributed by atoms with Crippen LogP contribution in [-0.4, -0.2) is 23.8 Å². The highest BCUT2D eigenvalue weighted by atomic mass is 79.9. The van der Waals surface area contributed by atoms with Crippen LogP contribution in [0.4, 0.5) is 0 Å². The predicted octanol–water partition coefficient (Wildman–Crippen LogP) is 4.55. The van der Waals surface area contributed by atoms with Crippen LogP contribution >= 0.6 is 27.3 Å². The molecule has 1 aromatic rings. The Balaban J connectivity index is 2.32. The minimum absolute atomic E-state index is 0.552. The SMILES string of the molecule is CC(CCBr)CCN(C)C(C)c1cccs1. The van der Waals surface area contributed by atoms with Crippen LogP contribution in [0.3, 0.4) is 0 Å². The van der Waals surface area contributed by atoms with E-state index in [0.717, 1.165) is 11.2 Å². The van der Waals surface area contributed by atoms with Gasteiger partial charge in [0, 0.05) is 16.2 Å². The molecule has 16 heavy (non-hydrogen) atoms. The highest BCUT2D eigenvalue weighted by Crippen LogP contribution is 2.24. The quantitative estimate of drug-likeness (QED) is 0.668. The summed E-state index contributed by atoms with van der Waals surface area (Å²) in [5, 5.41) is 3.28. The summed E-state index contributed by atoms with van der Waals surface area (Å²) < 4.78 is 0. The van der Waals surface area contributed by atoms with Gasteiger partial charge in [0.2, 0.25) is 0 Å². The predicted molar refractivity (Wildman–Crippen MR) is 77.6 cm³/mol. The van der Waals surface area contributed by atoms with Crippen molar-refractivity contribution in [2.24, 2.45) is 5.92 Å². The fraction of sp³-hybridized carbons (Fsp3) is 0.692. The number of rotatable bonds is 7. The van der Waals surface area contributed by atoms with Crippen LogP contribution in [0.15, 0.2) is 17.5 Å². The van der Waals surface area contributed by atoms with E-state index >= 15 is 0 Å². The Morgan fingerprint density at radius 3 is 2.69 bits per heavy atom. The molecule has 0 aliphatic heterocycles. The second kappa shape index (κ2) is 7.46. The van der Waals surface area contributed by atoms with Crippen molar-refractivity contribution in [3.05, 3.63) is 22.4 Å². The minimum atomic E-state index is 0.552. The van der Waals surface area contributed by atoms with Gasteiger partial charge in [-0.2, -0.15) is 0 Å². The maximum Gasteiger partial charge on any atom is 0.0410 e. The first kappa shape index (κ1) is 14.2. The average Bonchev–Trinajstić information content (AvgIpc) is 2.78. The summed E-state index contributed by atoms with van der Waals surface area (Å²) in [6.07, 6.45) is 2.57. The summed E-state index contributed by atoms with van der Waals surface area (Å²) in [5.41, 5.74) is 0. The van der Waals surface area contributed by atoms with Gasteiger partial charge in [0.15, 0.2) is 0 Å². The lowest BCUT2D eigenvalue weighted by Crippen LogP contribution is -2.24. The number of nitrogens with zero attached hydrogens (tertiary/aromatic N) is 1. The van der Waals surface area contributed by atoms with Crippen LogP contribution < -0.4 is 0 Å². The zero-order chi connectivity index (χ0) is 12.0. The molecule has 3 heteroatoms. The third kappa shape index (κ3) is 4.56. The van der Waals surface area contributed by atoms with E-state index in [0.29, 0.717) is 6.04 Å². The Kier molecular flexibility index (Phi) is 6.62. The second-order valence-electron chi connectivity index (χ2n) is 4.54. The van der Waals surface area contributed by atoms with Crippen molar-refractivity contribution in [3.63, 3.8) is 0 Å². The van der Waals surface area contributed by atoms with Crippen LogP contribution in [0.2, 0.25) is 0 Å². The Hall–Kier alpha value is 0.140. The first-order chi connectivity index (χ1) is 7.65. The largest absolute Gasteiger partial charge is 0.299 e. The molecular weight excluding hydrogens is 282 g/mol. The van der Waals surface area contributed by atoms with Crippen LogP contribution in [0.1, 0.15) is 37.6 Å². The van der Waals surface area contributed by atoms with Gasteiger partial charge >= 0.3 is 0 Å². The van der Waals surface area contributed by atoms with Gasteiger partial charge in [-0.05, 0) is 50.7 Å². The molecule has 1 nitrogen and oxygen atoms in total. The van der Waals surface area contributed by atoms with Crippen LogP contribution in [0.25, 0.3) is 0 Å². The van der Waals surface area contributed by atoms with E-state index in [2.05, 4.69) is 59.2 Å². The highest BCUT2D eigenvalue weighted by molar-refractivity contribution is 9.09. The molecule has 0 saturated heterocycles. The third-order valence-corrected chi connectivity index (χ3v) is 4.69. The minimum Gasteiger partial charge on any atom is -0.299 e. The van der Waals surface area contributed by atoms with E-state index in [-0.39, 0.29) is 0 Å². The van der Waals surface area contributed by atoms with Crippen LogP contribution in [0.5, 0.6) is 0 Å². The van der Waals surface area contributed by atoms with Crippen molar-refractivity contribution >= 4 is 27.3 Å². The molecule has 1 heterocycles. The Morgan fingerprint density at radius 1 is 1.38 bits per heavy atom. The zero-order valence-electron chi connectivity index (χ0n) is 10.4. The summed E-state index contributed by atoms with van der Waals surface area (Å²) in [7, 11) is 2.23. The van der Waals surface area contributed by atoms with Gasteiger partial charge < -0.3 is 0 Å². The van der Waals surface area contributed by atoms with Crippen molar-refractivity contribution < 1.29 is 0 Å². The molecule has 2 atom stereocenters. The molecule has 0 bridgehead atoms. The van der Waals surface area contributed by atoms with E-state index in [4.69, 9.17) is 0 Å². The third-order valence-electron chi connectivity index (χ3n) is 3.19. The molecule has 0 fully saturated rings. The topological polar surface area (TPSA) is 3.24 Å². The van der Waals surface area contributed by atoms with Crippen molar-refractivity contribution in [1.29, 1.82) is 0 Å². The van der Waals surface area contributed by atoms with Gasteiger partial charge in [0.05, 0.1) is 0 Å². The van der Waals surface area contributed by atoms with Crippen LogP contribution in [-0.2, 0) is 0 Å². The molecule has 0 aliphatic carbocycles. The van der Waals surface area contributed by atoms with Gasteiger partial charge in [-0.25, -0.2) is 0 Å². The van der Waals surface area contributed by atoms with Crippen molar-refractivity contribution in [2.75, 3.05) is 18.9 Å². The number of thiophene rings is 1. The molecule has 2 unspecified atom stereocenters. The van der Waals surface area contributed by atoms with Crippen molar-refractivity contribution in [1.82, 2.24) is 4.90 Å². The standard InChI is InChI=1S/C13H22BrNS/c1-11(6-8-14)7-9-15(3)12(2)13-5-4-10-16-13/h4-5,10-12H,6-9H2,1-3H3. The molecule has 0 aromatic carbocycles. The van der Waals surface area contributed by atoms with Gasteiger partial charge in [0.1, 0.15) is 0 Å². The molecule has 0 N–H and O–H groups in total. The van der Waals surface area contributed by atoms with E-state index in [1.165, 1.54) is 24.3 Å². The van der Waals surface area contributed by atoms with Gasteiger partial charge in [-0.15, -0.1) is 11.3 Å². The van der Waals surface area contributed by atoms with Gasteiger partial charge in [-0.3, -0.25) is 4.90 Å². The Labute approximate surface area is 112 Å². The lowest BCUT2D eigenvalue weighted by Gasteiger charge is -2.25. The van der Waals surface area contributed by atoms with E-state index in [9.17, 15) is 0 Å². The van der Waals surface area contributed by atoms with E-state index in [1.807, 2.05) is 11.3 Å². The summed E-state index contributed by atoms with van der Waals surface area (Å²) in [5.74, 6) is 0.817. The normalized spacial score (nSPS) is 15.3. The number of alkyl halides is 1. The first-order valence-electron chi connectivity index (χ1n) is 5.94. The summed E-state index contributed by atoms with van der Waals surface area (Å²) in [4.78, 5) is 3.92. The molecule has 0 spiro atoms. The van der Waals surface area contributed by atoms with Crippen molar-refractivity contribution in [3.8, 4) is 0 Å². The number of halogens is 1. The van der Waals surface area contributed by atoms with Gasteiger partial charge in [-0.1, -0.05) is 28.9 Å². The molecule has 0 radical (unpaired) electrons. The lowest BCUT2D eigenvalue weighted by molar-refractivity contribution is 0.245. The summed E-state index contributed by atoms with van der Waals surface area (Å²) in [6, 6.07) is 4.92. The van der Waals surface area contributed by atoms with Crippen LogP contribution in [0, 0.1) is 5.92 Å². The molecular formula is C13H22BrNS. The highest BCUT2D eigenvalue weighted by Gasteiger charge is 2.13. The lowest BCUT2D eigenvalue weighted by atomic mass is 10.0. The zero-order valence-corrected chi connectivity index (χ0v) is 12.9. The van der Waals surface area contributed by atoms with Crippen molar-refractivity contribution in [2.45, 2.75) is 32.7 Å².